The zero-order valence-corrected chi connectivity index (χ0v) is 21.6. The number of pyridine rings is 1. The van der Waals surface area contributed by atoms with Gasteiger partial charge in [0.2, 0.25) is 11.8 Å². The van der Waals surface area contributed by atoms with Crippen molar-refractivity contribution in [3.8, 4) is 0 Å². The van der Waals surface area contributed by atoms with E-state index in [-0.39, 0.29) is 17.1 Å². The summed E-state index contributed by atoms with van der Waals surface area (Å²) >= 11 is 3.18. The Bertz CT molecular complexity index is 1060. The van der Waals surface area contributed by atoms with Crippen LogP contribution in [-0.4, -0.2) is 26.6 Å². The first-order valence-electron chi connectivity index (χ1n) is 11.5. The molecule has 0 aliphatic heterocycles. The second-order valence-electron chi connectivity index (χ2n) is 9.14. The van der Waals surface area contributed by atoms with Gasteiger partial charge in [0.1, 0.15) is 16.6 Å². The third-order valence-corrected chi connectivity index (χ3v) is 7.26. The van der Waals surface area contributed by atoms with Crippen molar-refractivity contribution in [2.75, 3.05) is 5.32 Å². The van der Waals surface area contributed by atoms with Crippen molar-refractivity contribution < 1.29 is 14.0 Å². The van der Waals surface area contributed by atoms with Crippen molar-refractivity contribution in [3.05, 3.63) is 53.6 Å². The fourth-order valence-corrected chi connectivity index (χ4v) is 5.08. The highest BCUT2D eigenvalue weighted by Gasteiger charge is 2.19. The Labute approximate surface area is 209 Å². The van der Waals surface area contributed by atoms with Gasteiger partial charge < -0.3 is 9.73 Å². The third-order valence-electron chi connectivity index (χ3n) is 5.08. The van der Waals surface area contributed by atoms with E-state index in [0.29, 0.717) is 30.9 Å². The molecule has 0 aliphatic carbocycles. The highest BCUT2D eigenvalue weighted by atomic mass is 32.2. The molecule has 0 atom stereocenters. The number of amides is 1. The summed E-state index contributed by atoms with van der Waals surface area (Å²) in [5.41, 5.74) is 0.713. The lowest BCUT2D eigenvalue weighted by molar-refractivity contribution is -0.118. The molecule has 9 heteroatoms. The minimum atomic E-state index is -0.0526. The molecule has 1 N–H and O–H groups in total. The number of rotatable bonds is 13. The van der Waals surface area contributed by atoms with Crippen LogP contribution in [0.2, 0.25) is 0 Å². The van der Waals surface area contributed by atoms with Crippen LogP contribution in [-0.2, 0) is 27.2 Å². The lowest BCUT2D eigenvalue weighted by Gasteiger charge is -2.12. The average Bonchev–Trinajstić information content (AvgIpc) is 3.45. The summed E-state index contributed by atoms with van der Waals surface area (Å²) in [4.78, 5) is 36.9. The molecule has 7 nitrogen and oxygen atoms in total. The van der Waals surface area contributed by atoms with E-state index in [1.165, 1.54) is 0 Å². The molecule has 182 valence electrons. The fraction of sp³-hybridized carbons (Fsp3) is 0.480. The van der Waals surface area contributed by atoms with Crippen LogP contribution in [0.15, 0.2) is 45.5 Å². The van der Waals surface area contributed by atoms with Crippen molar-refractivity contribution in [3.63, 3.8) is 0 Å². The molecule has 0 fully saturated rings. The first kappa shape index (κ1) is 26.1. The van der Waals surface area contributed by atoms with Crippen LogP contribution in [0.3, 0.4) is 0 Å². The number of oxazole rings is 1. The second kappa shape index (κ2) is 12.8. The van der Waals surface area contributed by atoms with Gasteiger partial charge in [-0.2, -0.15) is 0 Å². The van der Waals surface area contributed by atoms with E-state index in [2.05, 4.69) is 41.0 Å². The Morgan fingerprint density at radius 3 is 2.47 bits per heavy atom. The number of hydrogen-bond acceptors (Lipinski definition) is 8. The number of nitrogens with one attached hydrogen (secondary N) is 1. The van der Waals surface area contributed by atoms with Crippen LogP contribution < -0.4 is 5.32 Å². The maximum absolute atomic E-state index is 12.3. The summed E-state index contributed by atoms with van der Waals surface area (Å²) in [5.74, 6) is 2.45. The fourth-order valence-electron chi connectivity index (χ4n) is 3.18. The van der Waals surface area contributed by atoms with Crippen molar-refractivity contribution in [1.82, 2.24) is 15.0 Å². The topological polar surface area (TPSA) is 98.0 Å². The molecular weight excluding hydrogens is 468 g/mol. The smallest absolute Gasteiger partial charge is 0.224 e. The molecule has 3 aromatic rings. The van der Waals surface area contributed by atoms with Crippen LogP contribution >= 0.6 is 23.1 Å². The van der Waals surface area contributed by atoms with E-state index in [4.69, 9.17) is 4.42 Å². The number of ketones is 1. The van der Waals surface area contributed by atoms with Crippen molar-refractivity contribution >= 4 is 40.5 Å². The first-order valence-corrected chi connectivity index (χ1v) is 13.3. The Morgan fingerprint density at radius 1 is 1.03 bits per heavy atom. The molecule has 0 radical (unpaired) electrons. The molecule has 3 aromatic heterocycles. The molecule has 0 saturated heterocycles. The van der Waals surface area contributed by atoms with Gasteiger partial charge in [-0.1, -0.05) is 33.6 Å². The minimum absolute atomic E-state index is 0.0113. The van der Waals surface area contributed by atoms with Crippen LogP contribution in [0.1, 0.15) is 76.0 Å². The number of thiazole rings is 1. The maximum atomic E-state index is 12.3. The highest BCUT2D eigenvalue weighted by molar-refractivity contribution is 8.00. The third kappa shape index (κ3) is 9.02. The van der Waals surface area contributed by atoms with E-state index in [1.807, 2.05) is 6.20 Å². The van der Waals surface area contributed by atoms with Gasteiger partial charge in [0.05, 0.1) is 28.8 Å². The zero-order chi connectivity index (χ0) is 24.4. The molecule has 0 saturated carbocycles. The van der Waals surface area contributed by atoms with Gasteiger partial charge in [-0.05, 0) is 25.0 Å². The number of aromatic nitrogens is 3. The van der Waals surface area contributed by atoms with Crippen LogP contribution in [0.25, 0.3) is 0 Å². The van der Waals surface area contributed by atoms with Gasteiger partial charge in [-0.25, -0.2) is 9.97 Å². The summed E-state index contributed by atoms with van der Waals surface area (Å²) in [5, 5.41) is 3.71. The lowest BCUT2D eigenvalue weighted by Crippen LogP contribution is -2.10. The zero-order valence-electron chi connectivity index (χ0n) is 20.0. The van der Waals surface area contributed by atoms with E-state index in [9.17, 15) is 9.59 Å². The number of carbonyl (C=O) groups is 2. The largest absolute Gasteiger partial charge is 0.444 e. The van der Waals surface area contributed by atoms with Crippen molar-refractivity contribution in [1.29, 1.82) is 0 Å². The molecule has 0 aliphatic rings. The van der Waals surface area contributed by atoms with Gasteiger partial charge in [-0.3, -0.25) is 14.6 Å². The van der Waals surface area contributed by atoms with Crippen LogP contribution in [0.5, 0.6) is 0 Å². The van der Waals surface area contributed by atoms with Gasteiger partial charge >= 0.3 is 0 Å². The average molecular weight is 501 g/mol. The number of nitrogens with zero attached hydrogens (tertiary/aromatic N) is 3. The number of unbranched alkanes of at least 4 members (excludes halogenated alkanes) is 3. The van der Waals surface area contributed by atoms with Crippen LogP contribution in [0, 0.1) is 0 Å². The molecule has 0 spiro atoms. The monoisotopic (exact) mass is 500 g/mol. The SMILES string of the molecule is CC(C)(C)c1cnc(CSc2cnc(CC(=O)CCCCCCC(=O)Nc3ccncc3)s2)o1. The summed E-state index contributed by atoms with van der Waals surface area (Å²) in [6, 6.07) is 3.54. The molecule has 34 heavy (non-hydrogen) atoms. The quantitative estimate of drug-likeness (QED) is 0.220. The van der Waals surface area contributed by atoms with Gasteiger partial charge in [-0.15, -0.1) is 23.1 Å². The molecular formula is C25H32N4O3S2. The van der Waals surface area contributed by atoms with Crippen molar-refractivity contribution in [2.45, 2.75) is 81.1 Å². The minimum Gasteiger partial charge on any atom is -0.444 e. The predicted octanol–water partition coefficient (Wildman–Crippen LogP) is 6.21. The van der Waals surface area contributed by atoms with Gasteiger partial charge in [0.15, 0.2) is 0 Å². The summed E-state index contributed by atoms with van der Waals surface area (Å²) in [7, 11) is 0. The first-order chi connectivity index (χ1) is 16.3. The number of Topliss-reactive ketones (excluding diaryl/α,β-unsaturated/α-hetero) is 1. The van der Waals surface area contributed by atoms with Crippen LogP contribution in [0.4, 0.5) is 5.69 Å². The Morgan fingerprint density at radius 2 is 1.76 bits per heavy atom. The number of anilines is 1. The summed E-state index contributed by atoms with van der Waals surface area (Å²) in [6.07, 6.45) is 11.9. The second-order valence-corrected chi connectivity index (χ2v) is 11.5. The van der Waals surface area contributed by atoms with Gasteiger partial charge in [0.25, 0.3) is 0 Å². The number of thioether (sulfide) groups is 1. The predicted molar refractivity (Wildman–Crippen MR) is 136 cm³/mol. The van der Waals surface area contributed by atoms with Crippen molar-refractivity contribution in [2.24, 2.45) is 0 Å². The number of hydrogen-bond donors (Lipinski definition) is 1. The van der Waals surface area contributed by atoms with E-state index in [1.54, 1.807) is 53.8 Å². The highest BCUT2D eigenvalue weighted by Crippen LogP contribution is 2.30. The number of carbonyl (C=O) groups excluding carboxylic acids is 2. The Kier molecular flexibility index (Phi) is 9.83. The van der Waals surface area contributed by atoms with Gasteiger partial charge in [0, 0.05) is 36.3 Å². The van der Waals surface area contributed by atoms with E-state index >= 15 is 0 Å². The molecule has 3 heterocycles. The normalized spacial score (nSPS) is 11.5. The molecule has 0 unspecified atom stereocenters. The molecule has 0 aromatic carbocycles. The Balaban J connectivity index is 1.27. The molecule has 3 rings (SSSR count). The van der Waals surface area contributed by atoms with E-state index < -0.39 is 0 Å². The lowest BCUT2D eigenvalue weighted by atomic mass is 9.94. The standard InChI is InChI=1S/C25H32N4O3S2/c1-25(2,3)20-15-27-22(32-20)17-33-24-16-28-23(34-24)14-19(30)8-6-4-5-7-9-21(31)29-18-10-12-26-13-11-18/h10-13,15-16H,4-9,14,17H2,1-3H3,(H,26,29,31). The van der Waals surface area contributed by atoms with E-state index in [0.717, 1.165) is 46.3 Å². The Hall–Kier alpha value is -2.52. The summed E-state index contributed by atoms with van der Waals surface area (Å²) < 4.78 is 6.89. The molecule has 1 amide bonds. The maximum Gasteiger partial charge on any atom is 0.224 e. The molecule has 0 bridgehead atoms. The summed E-state index contributed by atoms with van der Waals surface area (Å²) in [6.45, 7) is 6.29.